The van der Waals surface area contributed by atoms with E-state index in [1.807, 2.05) is 6.07 Å². The standard InChI is InChI=1S/C26H19N3O6.C2HF3O2/c27-24(28)16-2-1-15-10-20(7-5-14(15)9-16)34-22-8-6-19(12-21(22)26(31)32)29-25(30)17-3-4-18-13-33-35-23(18)11-17;3-2(4,5)1(6)7/h1-12H,13H2,(H3,27,28)(H,29,30)(H,31,32);(H,6,7). The molecule has 0 aliphatic carbocycles. The molecule has 0 bridgehead atoms. The van der Waals surface area contributed by atoms with E-state index in [4.69, 9.17) is 35.6 Å². The molecule has 42 heavy (non-hydrogen) atoms. The second kappa shape index (κ2) is 11.9. The summed E-state index contributed by atoms with van der Waals surface area (Å²) in [7, 11) is 0. The molecule has 4 aromatic carbocycles. The van der Waals surface area contributed by atoms with Gasteiger partial charge in [0, 0.05) is 22.4 Å². The molecule has 1 aliphatic rings. The van der Waals surface area contributed by atoms with Crippen LogP contribution in [-0.4, -0.2) is 40.1 Å². The summed E-state index contributed by atoms with van der Waals surface area (Å²) < 4.78 is 37.6. The average molecular weight is 583 g/mol. The predicted octanol–water partition coefficient (Wildman–Crippen LogP) is 5.32. The number of anilines is 1. The van der Waals surface area contributed by atoms with Crippen LogP contribution in [0.5, 0.6) is 17.2 Å². The van der Waals surface area contributed by atoms with Crippen LogP contribution in [0.4, 0.5) is 18.9 Å². The number of hydrogen-bond donors (Lipinski definition) is 5. The van der Waals surface area contributed by atoms with Gasteiger partial charge in [0.15, 0.2) is 5.75 Å². The van der Waals surface area contributed by atoms with Gasteiger partial charge in [0.05, 0.1) is 0 Å². The first kappa shape index (κ1) is 29.4. The van der Waals surface area contributed by atoms with Crippen molar-refractivity contribution in [3.05, 3.63) is 95.1 Å². The maximum Gasteiger partial charge on any atom is 0.490 e. The molecule has 4 aromatic rings. The number of halogens is 3. The van der Waals surface area contributed by atoms with E-state index >= 15 is 0 Å². The summed E-state index contributed by atoms with van der Waals surface area (Å²) in [5.41, 5.74) is 7.52. The molecule has 14 heteroatoms. The summed E-state index contributed by atoms with van der Waals surface area (Å²) in [5.74, 6) is -3.37. The van der Waals surface area contributed by atoms with E-state index in [0.29, 0.717) is 34.9 Å². The van der Waals surface area contributed by atoms with Crippen molar-refractivity contribution in [2.24, 2.45) is 5.73 Å². The molecule has 5 rings (SSSR count). The van der Waals surface area contributed by atoms with Crippen molar-refractivity contribution in [3.8, 4) is 17.2 Å². The van der Waals surface area contributed by atoms with Crippen molar-refractivity contribution in [2.45, 2.75) is 12.8 Å². The number of nitrogens with one attached hydrogen (secondary N) is 2. The number of amidine groups is 1. The molecule has 1 amide bonds. The van der Waals surface area contributed by atoms with Crippen LogP contribution in [0.15, 0.2) is 72.8 Å². The smallest absolute Gasteiger partial charge is 0.478 e. The summed E-state index contributed by atoms with van der Waals surface area (Å²) in [6.07, 6.45) is -5.08. The Labute approximate surface area is 234 Å². The molecule has 0 atom stereocenters. The van der Waals surface area contributed by atoms with E-state index in [9.17, 15) is 27.9 Å². The number of carboxylic acid groups (broad SMARTS) is 2. The Morgan fingerprint density at radius 2 is 1.57 bits per heavy atom. The van der Waals surface area contributed by atoms with Gasteiger partial charge in [-0.15, -0.1) is 0 Å². The van der Waals surface area contributed by atoms with E-state index in [2.05, 4.69) is 5.32 Å². The zero-order valence-electron chi connectivity index (χ0n) is 21.2. The lowest BCUT2D eigenvalue weighted by Crippen LogP contribution is -2.21. The minimum absolute atomic E-state index is 0.0240. The van der Waals surface area contributed by atoms with Crippen LogP contribution in [0.25, 0.3) is 10.8 Å². The van der Waals surface area contributed by atoms with Gasteiger partial charge in [0.25, 0.3) is 5.91 Å². The first-order chi connectivity index (χ1) is 19.8. The number of aliphatic carboxylic acids is 1. The number of fused-ring (bicyclic) bond motifs is 2. The predicted molar refractivity (Wildman–Crippen MR) is 142 cm³/mol. The highest BCUT2D eigenvalue weighted by Crippen LogP contribution is 2.31. The van der Waals surface area contributed by atoms with Gasteiger partial charge in [0.1, 0.15) is 29.5 Å². The van der Waals surface area contributed by atoms with E-state index in [-0.39, 0.29) is 17.1 Å². The third-order valence-corrected chi connectivity index (χ3v) is 5.75. The normalized spacial score (nSPS) is 11.9. The number of benzene rings is 4. The van der Waals surface area contributed by atoms with Gasteiger partial charge in [-0.2, -0.15) is 18.1 Å². The van der Waals surface area contributed by atoms with Crippen LogP contribution in [0.2, 0.25) is 0 Å². The summed E-state index contributed by atoms with van der Waals surface area (Å²) in [5, 5.41) is 28.8. The van der Waals surface area contributed by atoms with Crippen molar-refractivity contribution < 1.29 is 52.3 Å². The summed E-state index contributed by atoms with van der Waals surface area (Å²) in [6, 6.07) is 19.9. The van der Waals surface area contributed by atoms with Gasteiger partial charge in [-0.05, 0) is 59.3 Å². The molecule has 11 nitrogen and oxygen atoms in total. The molecule has 1 heterocycles. The number of amides is 1. The largest absolute Gasteiger partial charge is 0.490 e. The minimum atomic E-state index is -5.08. The van der Waals surface area contributed by atoms with Crippen molar-refractivity contribution >= 4 is 40.1 Å². The lowest BCUT2D eigenvalue weighted by atomic mass is 10.1. The fraction of sp³-hybridized carbons (Fsp3) is 0.0714. The molecule has 216 valence electrons. The number of carbonyl (C=O) groups excluding carboxylic acids is 1. The fourth-order valence-corrected chi connectivity index (χ4v) is 3.70. The molecule has 0 saturated heterocycles. The number of carbonyl (C=O) groups is 3. The highest BCUT2D eigenvalue weighted by molar-refractivity contribution is 6.05. The first-order valence-corrected chi connectivity index (χ1v) is 11.8. The number of hydrogen-bond acceptors (Lipinski definition) is 7. The van der Waals surface area contributed by atoms with Crippen molar-refractivity contribution in [1.82, 2.24) is 0 Å². The average Bonchev–Trinajstić information content (AvgIpc) is 3.41. The third kappa shape index (κ3) is 6.92. The Bertz CT molecular complexity index is 1720. The van der Waals surface area contributed by atoms with Crippen LogP contribution < -0.4 is 20.7 Å². The van der Waals surface area contributed by atoms with Crippen molar-refractivity contribution in [3.63, 3.8) is 0 Å². The van der Waals surface area contributed by atoms with Gasteiger partial charge in [-0.1, -0.05) is 24.3 Å². The monoisotopic (exact) mass is 583 g/mol. The second-order valence-corrected chi connectivity index (χ2v) is 8.68. The van der Waals surface area contributed by atoms with Gasteiger partial charge >= 0.3 is 18.1 Å². The van der Waals surface area contributed by atoms with Crippen LogP contribution in [0.1, 0.15) is 31.8 Å². The molecule has 6 N–H and O–H groups in total. The third-order valence-electron chi connectivity index (χ3n) is 5.75. The Hall–Kier alpha value is -5.63. The van der Waals surface area contributed by atoms with Crippen LogP contribution >= 0.6 is 0 Å². The van der Waals surface area contributed by atoms with E-state index in [1.54, 1.807) is 54.6 Å². The summed E-state index contributed by atoms with van der Waals surface area (Å²) >= 11 is 0. The zero-order chi connectivity index (χ0) is 30.6. The highest BCUT2D eigenvalue weighted by Gasteiger charge is 2.38. The Morgan fingerprint density at radius 1 is 0.905 bits per heavy atom. The molecule has 0 fully saturated rings. The van der Waals surface area contributed by atoms with Gasteiger partial charge < -0.3 is 30.9 Å². The van der Waals surface area contributed by atoms with E-state index < -0.39 is 24.0 Å². The van der Waals surface area contributed by atoms with E-state index in [1.165, 1.54) is 12.1 Å². The summed E-state index contributed by atoms with van der Waals surface area (Å²) in [6.45, 7) is 0.317. The van der Waals surface area contributed by atoms with Gasteiger partial charge in [0.2, 0.25) is 0 Å². The molecule has 0 spiro atoms. The van der Waals surface area contributed by atoms with Gasteiger partial charge in [-0.25, -0.2) is 9.59 Å². The molecule has 0 unspecified atom stereocenters. The molecule has 0 radical (unpaired) electrons. The number of carboxylic acids is 2. The fourth-order valence-electron chi connectivity index (χ4n) is 3.70. The summed E-state index contributed by atoms with van der Waals surface area (Å²) in [4.78, 5) is 43.4. The van der Waals surface area contributed by atoms with Gasteiger partial charge in [-0.3, -0.25) is 10.2 Å². The van der Waals surface area contributed by atoms with E-state index in [0.717, 1.165) is 16.3 Å². The van der Waals surface area contributed by atoms with Crippen LogP contribution in [0.3, 0.4) is 0 Å². The first-order valence-electron chi connectivity index (χ1n) is 11.8. The Balaban J connectivity index is 0.000000517. The Kier molecular flexibility index (Phi) is 8.29. The lowest BCUT2D eigenvalue weighted by Gasteiger charge is -2.12. The molecule has 0 aromatic heterocycles. The molecular weight excluding hydrogens is 563 g/mol. The molecular formula is C28H20F3N3O8. The number of alkyl halides is 3. The Morgan fingerprint density at radius 3 is 2.24 bits per heavy atom. The molecule has 0 saturated carbocycles. The van der Waals surface area contributed by atoms with Crippen LogP contribution in [0, 0.1) is 5.41 Å². The number of ether oxygens (including phenoxy) is 1. The highest BCUT2D eigenvalue weighted by atomic mass is 19.4. The number of aromatic carboxylic acids is 1. The number of nitrogens with two attached hydrogens (primary N) is 1. The minimum Gasteiger partial charge on any atom is -0.478 e. The topological polar surface area (TPSA) is 181 Å². The quantitative estimate of drug-likeness (QED) is 0.114. The SMILES string of the molecule is N=C(N)c1ccc2cc(Oc3ccc(NC(=O)c4ccc5c(c4)OOC5)cc3C(=O)O)ccc2c1.O=C(O)C(F)(F)F. The zero-order valence-corrected chi connectivity index (χ0v) is 21.2. The lowest BCUT2D eigenvalue weighted by molar-refractivity contribution is -0.194. The number of rotatable bonds is 6. The maximum atomic E-state index is 12.7. The van der Waals surface area contributed by atoms with Crippen molar-refractivity contribution in [2.75, 3.05) is 5.32 Å². The second-order valence-electron chi connectivity index (χ2n) is 8.68. The van der Waals surface area contributed by atoms with Crippen LogP contribution in [-0.2, 0) is 16.3 Å². The molecule has 1 aliphatic heterocycles. The maximum absolute atomic E-state index is 12.7. The van der Waals surface area contributed by atoms with Crippen molar-refractivity contribution in [1.29, 1.82) is 5.41 Å². The number of nitrogen functional groups attached to an aromatic ring is 1.